The molecule has 0 radical (unpaired) electrons. The number of nitrogens with one attached hydrogen (secondary N) is 1. The van der Waals surface area contributed by atoms with Gasteiger partial charge in [0.1, 0.15) is 0 Å². The van der Waals surface area contributed by atoms with Crippen LogP contribution in [0.2, 0.25) is 10.0 Å². The number of halogens is 2. The molecule has 106 valence electrons. The summed E-state index contributed by atoms with van der Waals surface area (Å²) in [4.78, 5) is 4.37. The van der Waals surface area contributed by atoms with Crippen molar-refractivity contribution in [2.75, 3.05) is 13.1 Å². The highest BCUT2D eigenvalue weighted by molar-refractivity contribution is 6.37. The Labute approximate surface area is 129 Å². The summed E-state index contributed by atoms with van der Waals surface area (Å²) in [5.74, 6) is 0.790. The van der Waals surface area contributed by atoms with E-state index in [4.69, 9.17) is 23.2 Å². The molecule has 0 saturated carbocycles. The molecule has 1 aromatic heterocycles. The van der Waals surface area contributed by atoms with Gasteiger partial charge in [-0.3, -0.25) is 4.98 Å². The topological polar surface area (TPSA) is 24.9 Å². The van der Waals surface area contributed by atoms with Crippen LogP contribution in [0.1, 0.15) is 24.8 Å². The van der Waals surface area contributed by atoms with Crippen LogP contribution in [-0.2, 0) is 6.42 Å². The van der Waals surface area contributed by atoms with Crippen molar-refractivity contribution in [1.82, 2.24) is 10.3 Å². The number of hydrogen-bond donors (Lipinski definition) is 1. The molecular formula is C16H18Cl2N2. The summed E-state index contributed by atoms with van der Waals surface area (Å²) in [5, 5.41) is 5.91. The maximum absolute atomic E-state index is 6.36. The Hall–Kier alpha value is -0.830. The largest absolute Gasteiger partial charge is 0.317 e. The second kappa shape index (κ2) is 6.30. The summed E-state index contributed by atoms with van der Waals surface area (Å²) in [6.45, 7) is 2.27. The molecule has 2 heterocycles. The minimum absolute atomic E-state index is 0.736. The van der Waals surface area contributed by atoms with Gasteiger partial charge in [0.15, 0.2) is 0 Å². The monoisotopic (exact) mass is 308 g/mol. The van der Waals surface area contributed by atoms with Crippen LogP contribution in [0.15, 0.2) is 24.4 Å². The van der Waals surface area contributed by atoms with Crippen LogP contribution < -0.4 is 5.32 Å². The zero-order valence-corrected chi connectivity index (χ0v) is 12.8. The fraction of sp³-hybridized carbons (Fsp3) is 0.438. The van der Waals surface area contributed by atoms with E-state index in [9.17, 15) is 0 Å². The summed E-state index contributed by atoms with van der Waals surface area (Å²) in [7, 11) is 0. The first-order valence-electron chi connectivity index (χ1n) is 7.18. The fourth-order valence-electron chi connectivity index (χ4n) is 3.01. The maximum Gasteiger partial charge on any atom is 0.0720 e. The molecule has 0 aliphatic carbocycles. The van der Waals surface area contributed by atoms with Gasteiger partial charge in [-0.05, 0) is 62.4 Å². The van der Waals surface area contributed by atoms with Crippen molar-refractivity contribution < 1.29 is 0 Å². The molecule has 0 atom stereocenters. The minimum atomic E-state index is 0.736. The molecule has 0 bridgehead atoms. The van der Waals surface area contributed by atoms with Crippen molar-refractivity contribution in [3.63, 3.8) is 0 Å². The van der Waals surface area contributed by atoms with Crippen LogP contribution in [0.4, 0.5) is 0 Å². The van der Waals surface area contributed by atoms with E-state index in [1.54, 1.807) is 6.20 Å². The summed E-state index contributed by atoms with van der Waals surface area (Å²) >= 11 is 12.7. The van der Waals surface area contributed by atoms with E-state index in [2.05, 4.69) is 10.3 Å². The van der Waals surface area contributed by atoms with Gasteiger partial charge in [-0.2, -0.15) is 0 Å². The van der Waals surface area contributed by atoms with Crippen molar-refractivity contribution in [3.8, 4) is 0 Å². The number of pyridine rings is 1. The lowest BCUT2D eigenvalue weighted by Gasteiger charge is -2.23. The maximum atomic E-state index is 6.36. The van der Waals surface area contributed by atoms with Crippen LogP contribution in [0.25, 0.3) is 10.9 Å². The molecular weight excluding hydrogens is 291 g/mol. The Balaban J connectivity index is 1.87. The predicted molar refractivity (Wildman–Crippen MR) is 85.7 cm³/mol. The second-order valence-corrected chi connectivity index (χ2v) is 6.27. The summed E-state index contributed by atoms with van der Waals surface area (Å²) in [5.41, 5.74) is 2.09. The molecule has 1 aliphatic rings. The normalized spacial score (nSPS) is 16.7. The Bertz CT molecular complexity index is 607. The third-order valence-electron chi connectivity index (χ3n) is 4.16. The number of aromatic nitrogens is 1. The molecule has 0 amide bonds. The minimum Gasteiger partial charge on any atom is -0.317 e. The third-order valence-corrected chi connectivity index (χ3v) is 4.80. The second-order valence-electron chi connectivity index (χ2n) is 5.45. The molecule has 2 aromatic rings. The number of piperidine rings is 1. The number of hydrogen-bond acceptors (Lipinski definition) is 2. The molecule has 1 N–H and O–H groups in total. The third kappa shape index (κ3) is 2.93. The Morgan fingerprint density at radius 3 is 2.75 bits per heavy atom. The van der Waals surface area contributed by atoms with Gasteiger partial charge in [0.05, 0.1) is 15.6 Å². The first kappa shape index (κ1) is 14.1. The lowest BCUT2D eigenvalue weighted by molar-refractivity contribution is 0.354. The van der Waals surface area contributed by atoms with Gasteiger partial charge in [-0.1, -0.05) is 29.3 Å². The average Bonchev–Trinajstić information content (AvgIpc) is 2.48. The van der Waals surface area contributed by atoms with E-state index >= 15 is 0 Å². The zero-order valence-electron chi connectivity index (χ0n) is 11.3. The highest BCUT2D eigenvalue weighted by atomic mass is 35.5. The Morgan fingerprint density at radius 1 is 1.15 bits per heavy atom. The van der Waals surface area contributed by atoms with Gasteiger partial charge in [0.2, 0.25) is 0 Å². The molecule has 0 spiro atoms. The molecule has 4 heteroatoms. The highest BCUT2D eigenvalue weighted by Crippen LogP contribution is 2.32. The van der Waals surface area contributed by atoms with Crippen molar-refractivity contribution in [1.29, 1.82) is 0 Å². The quantitative estimate of drug-likeness (QED) is 0.904. The van der Waals surface area contributed by atoms with Crippen LogP contribution in [0.5, 0.6) is 0 Å². The Morgan fingerprint density at radius 2 is 1.95 bits per heavy atom. The summed E-state index contributed by atoms with van der Waals surface area (Å²) in [6.07, 6.45) is 6.42. The number of nitrogens with zero attached hydrogens (tertiary/aromatic N) is 1. The van der Waals surface area contributed by atoms with E-state index in [0.717, 1.165) is 51.9 Å². The molecule has 1 aliphatic heterocycles. The summed E-state index contributed by atoms with van der Waals surface area (Å²) in [6, 6.07) is 5.84. The van der Waals surface area contributed by atoms with E-state index in [-0.39, 0.29) is 0 Å². The molecule has 2 nitrogen and oxygen atoms in total. The number of aryl methyl sites for hydroxylation is 1. The van der Waals surface area contributed by atoms with Gasteiger partial charge in [-0.15, -0.1) is 0 Å². The summed E-state index contributed by atoms with van der Waals surface area (Å²) < 4.78 is 0. The van der Waals surface area contributed by atoms with Crippen LogP contribution >= 0.6 is 23.2 Å². The van der Waals surface area contributed by atoms with Gasteiger partial charge < -0.3 is 5.32 Å². The number of rotatable bonds is 3. The Kier molecular flexibility index (Phi) is 4.45. The molecule has 20 heavy (non-hydrogen) atoms. The number of benzene rings is 1. The molecule has 3 rings (SSSR count). The molecule has 1 aromatic carbocycles. The first-order valence-corrected chi connectivity index (χ1v) is 7.93. The lowest BCUT2D eigenvalue weighted by atomic mass is 9.90. The van der Waals surface area contributed by atoms with Gasteiger partial charge >= 0.3 is 0 Å². The molecule has 1 saturated heterocycles. The van der Waals surface area contributed by atoms with Gasteiger partial charge in [0, 0.05) is 11.6 Å². The van der Waals surface area contributed by atoms with Crippen molar-refractivity contribution >= 4 is 34.1 Å². The van der Waals surface area contributed by atoms with Crippen LogP contribution in [-0.4, -0.2) is 18.1 Å². The SMILES string of the molecule is Clc1cnc2cccc(Cl)c2c1CCC1CCNCC1. The zero-order chi connectivity index (χ0) is 13.9. The first-order chi connectivity index (χ1) is 9.75. The fourth-order valence-corrected chi connectivity index (χ4v) is 3.53. The van der Waals surface area contributed by atoms with E-state index in [0.29, 0.717) is 0 Å². The van der Waals surface area contributed by atoms with Crippen LogP contribution in [0.3, 0.4) is 0 Å². The van der Waals surface area contributed by atoms with E-state index < -0.39 is 0 Å². The predicted octanol–water partition coefficient (Wildman–Crippen LogP) is 4.47. The number of fused-ring (bicyclic) bond motifs is 1. The molecule has 1 fully saturated rings. The smallest absolute Gasteiger partial charge is 0.0720 e. The van der Waals surface area contributed by atoms with E-state index in [1.807, 2.05) is 18.2 Å². The molecule has 0 unspecified atom stereocenters. The van der Waals surface area contributed by atoms with Crippen LogP contribution in [0, 0.1) is 5.92 Å². The van der Waals surface area contributed by atoms with Crippen molar-refractivity contribution in [3.05, 3.63) is 40.0 Å². The van der Waals surface area contributed by atoms with Gasteiger partial charge in [-0.25, -0.2) is 0 Å². The van der Waals surface area contributed by atoms with Gasteiger partial charge in [0.25, 0.3) is 0 Å². The standard InChI is InChI=1S/C16H18Cl2N2/c17-13-2-1-3-15-16(13)12(14(18)10-20-15)5-4-11-6-8-19-9-7-11/h1-3,10-11,19H,4-9H2. The van der Waals surface area contributed by atoms with Crippen molar-refractivity contribution in [2.24, 2.45) is 5.92 Å². The lowest BCUT2D eigenvalue weighted by Crippen LogP contribution is -2.27. The van der Waals surface area contributed by atoms with Crippen molar-refractivity contribution in [2.45, 2.75) is 25.7 Å². The highest BCUT2D eigenvalue weighted by Gasteiger charge is 2.16. The van der Waals surface area contributed by atoms with E-state index in [1.165, 1.54) is 19.3 Å². The average molecular weight is 309 g/mol.